The Kier molecular flexibility index (Phi) is 3.08. The second-order valence-electron chi connectivity index (χ2n) is 2.35. The van der Waals surface area contributed by atoms with Gasteiger partial charge in [-0.05, 0) is 6.07 Å². The number of pyridine rings is 1. The van der Waals surface area contributed by atoms with Gasteiger partial charge >= 0.3 is 5.97 Å². The van der Waals surface area contributed by atoms with Gasteiger partial charge in [0.2, 0.25) is 5.88 Å². The molecule has 1 heterocycles. The van der Waals surface area contributed by atoms with Crippen LogP contribution in [0.25, 0.3) is 0 Å². The fourth-order valence-corrected chi connectivity index (χ4v) is 1.14. The summed E-state index contributed by atoms with van der Waals surface area (Å²) in [7, 11) is 1.42. The molecule has 5 heteroatoms. The van der Waals surface area contributed by atoms with Crippen LogP contribution >= 0.6 is 11.6 Å². The third kappa shape index (κ3) is 2.32. The van der Waals surface area contributed by atoms with Crippen molar-refractivity contribution in [1.29, 1.82) is 0 Å². The second-order valence-corrected chi connectivity index (χ2v) is 2.76. The van der Waals surface area contributed by atoms with Crippen molar-refractivity contribution in [3.63, 3.8) is 0 Å². The Morgan fingerprint density at radius 2 is 2.46 bits per heavy atom. The molecule has 0 aliphatic carbocycles. The molecule has 13 heavy (non-hydrogen) atoms. The summed E-state index contributed by atoms with van der Waals surface area (Å²) >= 11 is 5.77. The average molecular weight is 202 g/mol. The molecule has 0 saturated carbocycles. The zero-order valence-electron chi connectivity index (χ0n) is 6.95. The fourth-order valence-electron chi connectivity index (χ4n) is 0.938. The zero-order valence-corrected chi connectivity index (χ0v) is 7.71. The van der Waals surface area contributed by atoms with Gasteiger partial charge in [-0.15, -0.1) is 0 Å². The molecule has 70 valence electrons. The summed E-state index contributed by atoms with van der Waals surface area (Å²) < 4.78 is 4.87. The van der Waals surface area contributed by atoms with Gasteiger partial charge in [-0.2, -0.15) is 0 Å². The van der Waals surface area contributed by atoms with Crippen LogP contribution < -0.4 is 4.74 Å². The molecule has 1 rings (SSSR count). The highest BCUT2D eigenvalue weighted by Crippen LogP contribution is 2.23. The summed E-state index contributed by atoms with van der Waals surface area (Å²) in [6, 6.07) is 1.53. The largest absolute Gasteiger partial charge is 0.481 e. The lowest BCUT2D eigenvalue weighted by atomic mass is 10.2. The number of nitrogens with zero attached hydrogens (tertiary/aromatic N) is 1. The standard InChI is InChI=1S/C8H8ClNO3/c1-13-8-5(4-7(11)12)6(9)2-3-10-8/h2-3H,4H2,1H3,(H,11,12). The average Bonchev–Trinajstić information content (AvgIpc) is 2.08. The van der Waals surface area contributed by atoms with Crippen LogP contribution in [0.4, 0.5) is 0 Å². The number of methoxy groups -OCH3 is 1. The Bertz CT molecular complexity index is 327. The van der Waals surface area contributed by atoms with Crippen molar-refractivity contribution in [2.24, 2.45) is 0 Å². The second kappa shape index (κ2) is 4.09. The topological polar surface area (TPSA) is 59.4 Å². The third-order valence-corrected chi connectivity index (χ3v) is 1.83. The molecule has 0 aliphatic rings. The third-order valence-electron chi connectivity index (χ3n) is 1.48. The van der Waals surface area contributed by atoms with E-state index in [0.717, 1.165) is 0 Å². The quantitative estimate of drug-likeness (QED) is 0.803. The van der Waals surface area contributed by atoms with Crippen LogP contribution in [0.2, 0.25) is 5.02 Å². The number of ether oxygens (including phenoxy) is 1. The smallest absolute Gasteiger partial charge is 0.308 e. The van der Waals surface area contributed by atoms with Crippen LogP contribution in [0, 0.1) is 0 Å². The lowest BCUT2D eigenvalue weighted by molar-refractivity contribution is -0.136. The Labute approximate surface area is 80.1 Å². The fraction of sp³-hybridized carbons (Fsp3) is 0.250. The SMILES string of the molecule is COc1nccc(Cl)c1CC(=O)O. The minimum Gasteiger partial charge on any atom is -0.481 e. The number of aliphatic carboxylic acids is 1. The summed E-state index contributed by atoms with van der Waals surface area (Å²) in [4.78, 5) is 14.3. The molecule has 0 atom stereocenters. The molecule has 0 unspecified atom stereocenters. The monoisotopic (exact) mass is 201 g/mol. The van der Waals surface area contributed by atoms with Crippen LogP contribution in [-0.2, 0) is 11.2 Å². The van der Waals surface area contributed by atoms with E-state index in [1.807, 2.05) is 0 Å². The molecule has 1 N–H and O–H groups in total. The van der Waals surface area contributed by atoms with Gasteiger partial charge in [0.15, 0.2) is 0 Å². The molecule has 0 spiro atoms. The van der Waals surface area contributed by atoms with Crippen LogP contribution in [-0.4, -0.2) is 23.2 Å². The number of carbonyl (C=O) groups is 1. The van der Waals surface area contributed by atoms with E-state index in [-0.39, 0.29) is 12.3 Å². The van der Waals surface area contributed by atoms with Crippen LogP contribution in [0.1, 0.15) is 5.56 Å². The van der Waals surface area contributed by atoms with Gasteiger partial charge in [-0.3, -0.25) is 4.79 Å². The van der Waals surface area contributed by atoms with Gasteiger partial charge in [0, 0.05) is 11.8 Å². The van der Waals surface area contributed by atoms with Crippen molar-refractivity contribution in [3.8, 4) is 5.88 Å². The molecular formula is C8H8ClNO3. The highest BCUT2D eigenvalue weighted by atomic mass is 35.5. The minimum atomic E-state index is -0.965. The van der Waals surface area contributed by atoms with Crippen molar-refractivity contribution >= 4 is 17.6 Å². The minimum absolute atomic E-state index is 0.185. The molecule has 0 saturated heterocycles. The highest BCUT2D eigenvalue weighted by Gasteiger charge is 2.12. The van der Waals surface area contributed by atoms with Crippen molar-refractivity contribution in [1.82, 2.24) is 4.98 Å². The van der Waals surface area contributed by atoms with Crippen molar-refractivity contribution in [2.45, 2.75) is 6.42 Å². The van der Waals surface area contributed by atoms with E-state index >= 15 is 0 Å². The first kappa shape index (κ1) is 9.80. The summed E-state index contributed by atoms with van der Waals surface area (Å²) in [5, 5.41) is 8.93. The van der Waals surface area contributed by atoms with E-state index in [9.17, 15) is 4.79 Å². The molecule has 0 radical (unpaired) electrons. The maximum Gasteiger partial charge on any atom is 0.308 e. The van der Waals surface area contributed by atoms with Crippen molar-refractivity contribution in [3.05, 3.63) is 22.8 Å². The van der Waals surface area contributed by atoms with E-state index in [1.165, 1.54) is 19.4 Å². The lowest BCUT2D eigenvalue weighted by Crippen LogP contribution is -2.04. The Hall–Kier alpha value is -1.29. The lowest BCUT2D eigenvalue weighted by Gasteiger charge is -2.05. The van der Waals surface area contributed by atoms with Gasteiger partial charge < -0.3 is 9.84 Å². The number of hydrogen-bond acceptors (Lipinski definition) is 3. The van der Waals surface area contributed by atoms with Crippen molar-refractivity contribution in [2.75, 3.05) is 7.11 Å². The van der Waals surface area contributed by atoms with E-state index in [0.29, 0.717) is 10.6 Å². The summed E-state index contributed by atoms with van der Waals surface area (Å²) in [6.45, 7) is 0. The predicted molar refractivity (Wildman–Crippen MR) is 47.1 cm³/mol. The molecule has 1 aromatic heterocycles. The molecule has 0 aliphatic heterocycles. The van der Waals surface area contributed by atoms with E-state index in [4.69, 9.17) is 21.4 Å². The van der Waals surface area contributed by atoms with Crippen LogP contribution in [0.3, 0.4) is 0 Å². The number of carboxylic acids is 1. The van der Waals surface area contributed by atoms with E-state index in [1.54, 1.807) is 0 Å². The highest BCUT2D eigenvalue weighted by molar-refractivity contribution is 6.31. The molecule has 0 aromatic carbocycles. The molecule has 1 aromatic rings. The first-order chi connectivity index (χ1) is 6.15. The molecule has 0 amide bonds. The number of hydrogen-bond donors (Lipinski definition) is 1. The normalized spacial score (nSPS) is 9.69. The van der Waals surface area contributed by atoms with Gasteiger partial charge in [0.1, 0.15) is 0 Å². The number of rotatable bonds is 3. The Balaban J connectivity index is 3.07. The summed E-state index contributed by atoms with van der Waals surface area (Å²) in [6.07, 6.45) is 1.28. The Morgan fingerprint density at radius 1 is 1.77 bits per heavy atom. The van der Waals surface area contributed by atoms with Gasteiger partial charge in [0.05, 0.1) is 18.6 Å². The van der Waals surface area contributed by atoms with Crippen LogP contribution in [0.15, 0.2) is 12.3 Å². The predicted octanol–water partition coefficient (Wildman–Crippen LogP) is 1.37. The number of aromatic nitrogens is 1. The van der Waals surface area contributed by atoms with Crippen LogP contribution in [0.5, 0.6) is 5.88 Å². The van der Waals surface area contributed by atoms with Gasteiger partial charge in [-0.1, -0.05) is 11.6 Å². The maximum absolute atomic E-state index is 10.4. The molecular weight excluding hydrogens is 194 g/mol. The molecule has 0 fully saturated rings. The number of carboxylic acid groups (broad SMARTS) is 1. The zero-order chi connectivity index (χ0) is 9.84. The van der Waals surface area contributed by atoms with E-state index < -0.39 is 5.97 Å². The number of halogens is 1. The van der Waals surface area contributed by atoms with Gasteiger partial charge in [0.25, 0.3) is 0 Å². The molecule has 0 bridgehead atoms. The summed E-state index contributed by atoms with van der Waals surface area (Å²) in [5.74, 6) is -0.705. The molecule has 4 nitrogen and oxygen atoms in total. The Morgan fingerprint density at radius 3 is 3.00 bits per heavy atom. The van der Waals surface area contributed by atoms with Crippen molar-refractivity contribution < 1.29 is 14.6 Å². The first-order valence-corrected chi connectivity index (χ1v) is 3.92. The summed E-state index contributed by atoms with van der Waals surface area (Å²) in [5.41, 5.74) is 0.402. The first-order valence-electron chi connectivity index (χ1n) is 3.54. The van der Waals surface area contributed by atoms with Gasteiger partial charge in [-0.25, -0.2) is 4.98 Å². The maximum atomic E-state index is 10.4. The van der Waals surface area contributed by atoms with E-state index in [2.05, 4.69) is 4.98 Å².